The number of aromatic nitrogens is 2. The van der Waals surface area contributed by atoms with Crippen LogP contribution in [0.15, 0.2) is 6.20 Å². The monoisotopic (exact) mass is 406 g/mol. The van der Waals surface area contributed by atoms with Crippen molar-refractivity contribution >= 4 is 23.8 Å². The number of carbonyl (C=O) groups is 2. The highest BCUT2D eigenvalue weighted by atomic mass is 32.2. The SMILES string of the molecule is O=C1N[C@@H]2[C@@H](CS[C@@H]2CCCCC(=O)OCCc2cn[nH]c2C(F)(F)F)N1. The lowest BCUT2D eigenvalue weighted by Crippen LogP contribution is -2.36. The minimum atomic E-state index is -4.50. The van der Waals surface area contributed by atoms with Crippen molar-refractivity contribution in [3.05, 3.63) is 17.5 Å². The fourth-order valence-corrected chi connectivity index (χ4v) is 4.89. The maximum absolute atomic E-state index is 12.7. The van der Waals surface area contributed by atoms with E-state index in [1.165, 1.54) is 0 Å². The van der Waals surface area contributed by atoms with Crippen molar-refractivity contribution in [1.29, 1.82) is 0 Å². The van der Waals surface area contributed by atoms with Gasteiger partial charge >= 0.3 is 18.2 Å². The average Bonchev–Trinajstić information content (AvgIpc) is 3.27. The van der Waals surface area contributed by atoms with Gasteiger partial charge in [0, 0.05) is 29.4 Å². The van der Waals surface area contributed by atoms with Gasteiger partial charge in [0.15, 0.2) is 0 Å². The highest BCUT2D eigenvalue weighted by Crippen LogP contribution is 2.33. The van der Waals surface area contributed by atoms with E-state index >= 15 is 0 Å². The van der Waals surface area contributed by atoms with Crippen molar-refractivity contribution in [2.24, 2.45) is 0 Å². The van der Waals surface area contributed by atoms with E-state index < -0.39 is 17.8 Å². The number of unbranched alkanes of at least 4 members (excludes halogenated alkanes) is 1. The van der Waals surface area contributed by atoms with Crippen LogP contribution in [-0.4, -0.2) is 51.9 Å². The quantitative estimate of drug-likeness (QED) is 0.350. The van der Waals surface area contributed by atoms with Gasteiger partial charge in [-0.25, -0.2) is 4.79 Å². The third-order valence-electron chi connectivity index (χ3n) is 4.69. The first kappa shape index (κ1) is 19.8. The number of hydrogen-bond donors (Lipinski definition) is 3. The first-order chi connectivity index (χ1) is 12.8. The number of urea groups is 1. The number of alkyl halides is 3. The maximum atomic E-state index is 12.7. The summed E-state index contributed by atoms with van der Waals surface area (Å²) in [5, 5.41) is 11.5. The molecular formula is C16H21F3N4O3S. The molecule has 27 heavy (non-hydrogen) atoms. The van der Waals surface area contributed by atoms with Crippen molar-refractivity contribution in [2.75, 3.05) is 12.4 Å². The number of nitrogens with one attached hydrogen (secondary N) is 3. The molecule has 150 valence electrons. The number of rotatable bonds is 8. The number of H-pyrrole nitrogens is 1. The number of carbonyl (C=O) groups excluding carboxylic acids is 2. The second-order valence-electron chi connectivity index (χ2n) is 6.61. The Balaban J connectivity index is 1.29. The molecule has 0 aliphatic carbocycles. The molecule has 7 nitrogen and oxygen atoms in total. The molecule has 0 bridgehead atoms. The van der Waals surface area contributed by atoms with Crippen molar-refractivity contribution in [2.45, 2.75) is 55.6 Å². The lowest BCUT2D eigenvalue weighted by molar-refractivity contribution is -0.143. The molecule has 11 heteroatoms. The second kappa shape index (κ2) is 8.41. The van der Waals surface area contributed by atoms with E-state index in [1.54, 1.807) is 0 Å². The lowest BCUT2D eigenvalue weighted by Gasteiger charge is -2.16. The van der Waals surface area contributed by atoms with Gasteiger partial charge in [-0.05, 0) is 12.8 Å². The highest BCUT2D eigenvalue weighted by Gasteiger charge is 2.42. The number of amides is 2. The minimum Gasteiger partial charge on any atom is -0.465 e. The van der Waals surface area contributed by atoms with Crippen LogP contribution >= 0.6 is 11.8 Å². The van der Waals surface area contributed by atoms with Gasteiger partial charge in [-0.1, -0.05) is 6.42 Å². The van der Waals surface area contributed by atoms with Crippen molar-refractivity contribution in [3.63, 3.8) is 0 Å². The Hall–Kier alpha value is -1.91. The summed E-state index contributed by atoms with van der Waals surface area (Å²) in [6.07, 6.45) is -0.842. The van der Waals surface area contributed by atoms with Crippen LogP contribution in [-0.2, 0) is 22.1 Å². The molecule has 3 atom stereocenters. The summed E-state index contributed by atoms with van der Waals surface area (Å²) in [6.45, 7) is -0.110. The fourth-order valence-electron chi connectivity index (χ4n) is 3.35. The van der Waals surface area contributed by atoms with Gasteiger partial charge in [0.2, 0.25) is 0 Å². The highest BCUT2D eigenvalue weighted by molar-refractivity contribution is 8.00. The molecule has 0 spiro atoms. The van der Waals surface area contributed by atoms with Gasteiger partial charge in [-0.3, -0.25) is 9.89 Å². The minimum absolute atomic E-state index is 0.0182. The fraction of sp³-hybridized carbons (Fsp3) is 0.688. The molecule has 0 radical (unpaired) electrons. The summed E-state index contributed by atoms with van der Waals surface area (Å²) >= 11 is 1.82. The van der Waals surface area contributed by atoms with E-state index in [0.29, 0.717) is 11.7 Å². The van der Waals surface area contributed by atoms with Crippen LogP contribution in [0.3, 0.4) is 0 Å². The van der Waals surface area contributed by atoms with E-state index in [9.17, 15) is 22.8 Å². The molecule has 1 aromatic rings. The Bertz CT molecular complexity index is 682. The van der Waals surface area contributed by atoms with Crippen LogP contribution in [0.1, 0.15) is 36.9 Å². The standard InChI is InChI=1S/C16H21F3N4O3S/c17-16(18,19)14-9(7-20-23-14)5-6-26-12(24)4-2-1-3-11-13-10(8-27-11)21-15(25)22-13/h7,10-11,13H,1-6,8H2,(H,20,23)(H2,21,22,25)/t10-,11-,13-/m1/s1. The van der Waals surface area contributed by atoms with Crippen LogP contribution in [0.5, 0.6) is 0 Å². The summed E-state index contributed by atoms with van der Waals surface area (Å²) in [5.41, 5.74) is -0.922. The summed E-state index contributed by atoms with van der Waals surface area (Å²) in [7, 11) is 0. The van der Waals surface area contributed by atoms with E-state index in [2.05, 4.69) is 15.7 Å². The maximum Gasteiger partial charge on any atom is 0.433 e. The Morgan fingerprint density at radius 2 is 2.15 bits per heavy atom. The number of thioether (sulfide) groups is 1. The Kier molecular flexibility index (Phi) is 6.18. The van der Waals surface area contributed by atoms with E-state index in [0.717, 1.165) is 24.8 Å². The largest absolute Gasteiger partial charge is 0.465 e. The Morgan fingerprint density at radius 1 is 1.33 bits per heavy atom. The summed E-state index contributed by atoms with van der Waals surface area (Å²) in [6, 6.07) is 0.208. The van der Waals surface area contributed by atoms with E-state index in [-0.39, 0.29) is 43.1 Å². The molecular weight excluding hydrogens is 385 g/mol. The second-order valence-corrected chi connectivity index (χ2v) is 7.88. The van der Waals surface area contributed by atoms with Gasteiger partial charge in [0.05, 0.1) is 24.9 Å². The normalized spacial score (nSPS) is 24.4. The molecule has 1 aromatic heterocycles. The van der Waals surface area contributed by atoms with Gasteiger partial charge in [0.1, 0.15) is 5.69 Å². The lowest BCUT2D eigenvalue weighted by atomic mass is 10.0. The van der Waals surface area contributed by atoms with Crippen molar-refractivity contribution in [1.82, 2.24) is 20.8 Å². The van der Waals surface area contributed by atoms with Crippen LogP contribution in [0.25, 0.3) is 0 Å². The molecule has 0 saturated carbocycles. The molecule has 3 N–H and O–H groups in total. The number of halogens is 3. The molecule has 2 aliphatic rings. The van der Waals surface area contributed by atoms with Gasteiger partial charge in [0.25, 0.3) is 0 Å². The van der Waals surface area contributed by atoms with Crippen molar-refractivity contribution < 1.29 is 27.5 Å². The number of hydrogen-bond acceptors (Lipinski definition) is 5. The number of esters is 1. The smallest absolute Gasteiger partial charge is 0.433 e. The molecule has 0 aromatic carbocycles. The first-order valence-corrected chi connectivity index (χ1v) is 9.83. The number of nitrogens with zero attached hydrogens (tertiary/aromatic N) is 1. The first-order valence-electron chi connectivity index (χ1n) is 8.78. The van der Waals surface area contributed by atoms with Gasteiger partial charge < -0.3 is 15.4 Å². The molecule has 2 amide bonds. The number of ether oxygens (including phenoxy) is 1. The van der Waals surface area contributed by atoms with Crippen LogP contribution < -0.4 is 10.6 Å². The van der Waals surface area contributed by atoms with Crippen LogP contribution in [0.2, 0.25) is 0 Å². The summed E-state index contributed by atoms with van der Waals surface area (Å²) < 4.78 is 43.1. The van der Waals surface area contributed by atoms with Crippen molar-refractivity contribution in [3.8, 4) is 0 Å². The zero-order valence-electron chi connectivity index (χ0n) is 14.5. The molecule has 2 aliphatic heterocycles. The van der Waals surface area contributed by atoms with Gasteiger partial charge in [-0.15, -0.1) is 0 Å². The third kappa shape index (κ3) is 5.08. The zero-order valence-corrected chi connectivity index (χ0v) is 15.3. The van der Waals surface area contributed by atoms with E-state index in [1.807, 2.05) is 16.9 Å². The molecule has 0 unspecified atom stereocenters. The zero-order chi connectivity index (χ0) is 19.4. The number of aromatic amines is 1. The Labute approximate surface area is 158 Å². The molecule has 2 saturated heterocycles. The van der Waals surface area contributed by atoms with E-state index in [4.69, 9.17) is 4.74 Å². The average molecular weight is 406 g/mol. The number of fused-ring (bicyclic) bond motifs is 1. The van der Waals surface area contributed by atoms with Crippen LogP contribution in [0, 0.1) is 0 Å². The Morgan fingerprint density at radius 3 is 2.93 bits per heavy atom. The topological polar surface area (TPSA) is 96.1 Å². The summed E-state index contributed by atoms with van der Waals surface area (Å²) in [5.74, 6) is 0.476. The van der Waals surface area contributed by atoms with Gasteiger partial charge in [-0.2, -0.15) is 30.0 Å². The predicted molar refractivity (Wildman–Crippen MR) is 92.2 cm³/mol. The van der Waals surface area contributed by atoms with Crippen LogP contribution in [0.4, 0.5) is 18.0 Å². The third-order valence-corrected chi connectivity index (χ3v) is 6.20. The molecule has 3 rings (SSSR count). The predicted octanol–water partition coefficient (Wildman–Crippen LogP) is 2.24. The molecule has 2 fully saturated rings. The summed E-state index contributed by atoms with van der Waals surface area (Å²) in [4.78, 5) is 23.1. The molecule has 3 heterocycles.